The van der Waals surface area contributed by atoms with E-state index >= 15 is 0 Å². The van der Waals surface area contributed by atoms with E-state index in [0.29, 0.717) is 24.8 Å². The van der Waals surface area contributed by atoms with E-state index in [1.165, 1.54) is 0 Å². The first-order valence-corrected chi connectivity index (χ1v) is 7.18. The van der Waals surface area contributed by atoms with Crippen LogP contribution in [0.1, 0.15) is 42.2 Å². The molecule has 102 valence electrons. The zero-order valence-corrected chi connectivity index (χ0v) is 12.1. The summed E-state index contributed by atoms with van der Waals surface area (Å²) >= 11 is 3.41. The van der Waals surface area contributed by atoms with Gasteiger partial charge in [0.2, 0.25) is 0 Å². The number of hydrogen-bond acceptors (Lipinski definition) is 2. The van der Waals surface area contributed by atoms with E-state index in [1.807, 2.05) is 16.8 Å². The van der Waals surface area contributed by atoms with Crippen LogP contribution in [-0.2, 0) is 0 Å². The summed E-state index contributed by atoms with van der Waals surface area (Å²) < 4.78 is 2.98. The van der Waals surface area contributed by atoms with Gasteiger partial charge in [-0.2, -0.15) is 0 Å². The van der Waals surface area contributed by atoms with Crippen molar-refractivity contribution in [1.29, 1.82) is 0 Å². The number of carbonyl (C=O) groups is 1. The van der Waals surface area contributed by atoms with Crippen LogP contribution in [0.3, 0.4) is 0 Å². The summed E-state index contributed by atoms with van der Waals surface area (Å²) in [6, 6.07) is 2.34. The van der Waals surface area contributed by atoms with E-state index in [2.05, 4.69) is 31.3 Å². The van der Waals surface area contributed by atoms with Crippen LogP contribution in [0, 0.1) is 0 Å². The molecule has 1 fully saturated rings. The number of nitrogens with one attached hydrogen (secondary N) is 1. The molecule has 1 aliphatic carbocycles. The first-order chi connectivity index (χ1) is 9.22. The number of rotatable bonds is 7. The SMILES string of the molecule is [N-]=[N+]=NCCCCNC(=O)c1cc(Br)cn1C1CC1. The molecule has 0 unspecified atom stereocenters. The highest BCUT2D eigenvalue weighted by atomic mass is 79.9. The maximum Gasteiger partial charge on any atom is 0.267 e. The van der Waals surface area contributed by atoms with Crippen molar-refractivity contribution in [3.05, 3.63) is 32.9 Å². The van der Waals surface area contributed by atoms with Crippen LogP contribution in [0.5, 0.6) is 0 Å². The lowest BCUT2D eigenvalue weighted by Gasteiger charge is -2.08. The summed E-state index contributed by atoms with van der Waals surface area (Å²) in [7, 11) is 0. The molecule has 1 aromatic rings. The Balaban J connectivity index is 1.81. The van der Waals surface area contributed by atoms with Crippen molar-refractivity contribution >= 4 is 21.8 Å². The summed E-state index contributed by atoms with van der Waals surface area (Å²) in [5, 5.41) is 6.35. The van der Waals surface area contributed by atoms with Gasteiger partial charge >= 0.3 is 0 Å². The molecule has 19 heavy (non-hydrogen) atoms. The Morgan fingerprint density at radius 3 is 3.05 bits per heavy atom. The first kappa shape index (κ1) is 14.0. The molecule has 0 bridgehead atoms. The molecule has 2 rings (SSSR count). The fourth-order valence-electron chi connectivity index (χ4n) is 1.93. The summed E-state index contributed by atoms with van der Waals surface area (Å²) in [6.45, 7) is 1.09. The Kier molecular flexibility index (Phi) is 4.87. The molecule has 0 aromatic carbocycles. The van der Waals surface area contributed by atoms with Gasteiger partial charge in [-0.1, -0.05) is 5.11 Å². The van der Waals surface area contributed by atoms with Gasteiger partial charge in [-0.05, 0) is 53.2 Å². The van der Waals surface area contributed by atoms with E-state index in [0.717, 1.165) is 30.2 Å². The topological polar surface area (TPSA) is 82.8 Å². The van der Waals surface area contributed by atoms with Crippen LogP contribution in [0.15, 0.2) is 21.9 Å². The van der Waals surface area contributed by atoms with Crippen molar-refractivity contribution in [1.82, 2.24) is 9.88 Å². The number of halogens is 1. The summed E-state index contributed by atoms with van der Waals surface area (Å²) in [5.74, 6) is -0.0404. The lowest BCUT2D eigenvalue weighted by molar-refractivity contribution is 0.0943. The molecule has 0 radical (unpaired) electrons. The summed E-state index contributed by atoms with van der Waals surface area (Å²) in [5.41, 5.74) is 8.84. The molecule has 0 atom stereocenters. The van der Waals surface area contributed by atoms with Crippen molar-refractivity contribution < 1.29 is 4.79 Å². The van der Waals surface area contributed by atoms with E-state index in [1.54, 1.807) is 0 Å². The molecule has 1 aliphatic rings. The van der Waals surface area contributed by atoms with Gasteiger partial charge in [0, 0.05) is 34.7 Å². The number of nitrogens with zero attached hydrogens (tertiary/aromatic N) is 4. The quantitative estimate of drug-likeness (QED) is 0.354. The number of carbonyl (C=O) groups excluding carboxylic acids is 1. The smallest absolute Gasteiger partial charge is 0.267 e. The van der Waals surface area contributed by atoms with Crippen LogP contribution in [0.4, 0.5) is 0 Å². The Hall–Kier alpha value is -1.46. The molecule has 1 heterocycles. The second kappa shape index (κ2) is 6.63. The molecule has 0 aliphatic heterocycles. The second-order valence-corrected chi connectivity index (χ2v) is 5.52. The lowest BCUT2D eigenvalue weighted by Crippen LogP contribution is -2.26. The third-order valence-corrected chi connectivity index (χ3v) is 3.46. The molecule has 0 spiro atoms. The molecule has 1 amide bonds. The Bertz CT molecular complexity index is 502. The zero-order chi connectivity index (χ0) is 13.7. The predicted octanol–water partition coefficient (Wildman–Crippen LogP) is 3.41. The largest absolute Gasteiger partial charge is 0.351 e. The predicted molar refractivity (Wildman–Crippen MR) is 76.0 cm³/mol. The van der Waals surface area contributed by atoms with Crippen molar-refractivity contribution in [2.75, 3.05) is 13.1 Å². The highest BCUT2D eigenvalue weighted by molar-refractivity contribution is 9.10. The van der Waals surface area contributed by atoms with Crippen LogP contribution in [-0.4, -0.2) is 23.6 Å². The molecule has 0 saturated heterocycles. The Morgan fingerprint density at radius 1 is 1.58 bits per heavy atom. The van der Waals surface area contributed by atoms with Gasteiger partial charge in [0.15, 0.2) is 0 Å². The Morgan fingerprint density at radius 2 is 2.37 bits per heavy atom. The summed E-state index contributed by atoms with van der Waals surface area (Å²) in [4.78, 5) is 14.8. The van der Waals surface area contributed by atoms with Gasteiger partial charge < -0.3 is 9.88 Å². The lowest BCUT2D eigenvalue weighted by atomic mass is 10.3. The minimum Gasteiger partial charge on any atom is -0.351 e. The normalized spacial score (nSPS) is 13.9. The number of hydrogen-bond donors (Lipinski definition) is 1. The van der Waals surface area contributed by atoms with Crippen molar-refractivity contribution in [3.8, 4) is 0 Å². The zero-order valence-electron chi connectivity index (χ0n) is 10.5. The number of azide groups is 1. The molecule has 7 heteroatoms. The number of amides is 1. The molecular weight excluding hydrogens is 310 g/mol. The molecule has 1 aromatic heterocycles. The maximum absolute atomic E-state index is 12.1. The maximum atomic E-state index is 12.1. The highest BCUT2D eigenvalue weighted by Gasteiger charge is 2.27. The molecular formula is C12H16BrN5O. The van der Waals surface area contributed by atoms with Gasteiger partial charge in [-0.3, -0.25) is 4.79 Å². The van der Waals surface area contributed by atoms with Gasteiger partial charge in [0.1, 0.15) is 5.69 Å². The van der Waals surface area contributed by atoms with Crippen molar-refractivity contribution in [2.24, 2.45) is 5.11 Å². The third-order valence-electron chi connectivity index (χ3n) is 3.02. The number of aromatic nitrogens is 1. The van der Waals surface area contributed by atoms with Crippen LogP contribution >= 0.6 is 15.9 Å². The first-order valence-electron chi connectivity index (χ1n) is 6.39. The average Bonchev–Trinajstić information content (AvgIpc) is 3.16. The van der Waals surface area contributed by atoms with Gasteiger partial charge in [0.05, 0.1) is 0 Å². The molecule has 1 saturated carbocycles. The van der Waals surface area contributed by atoms with Crippen LogP contribution in [0.2, 0.25) is 0 Å². The fraction of sp³-hybridized carbons (Fsp3) is 0.583. The monoisotopic (exact) mass is 325 g/mol. The van der Waals surface area contributed by atoms with Crippen LogP contribution in [0.25, 0.3) is 10.4 Å². The standard InChI is InChI=1S/C12H16BrN5O/c13-9-7-11(18(8-9)10-3-4-10)12(19)15-5-1-2-6-16-17-14/h7-8,10H,1-6H2,(H,15,19). The van der Waals surface area contributed by atoms with Crippen molar-refractivity contribution in [2.45, 2.75) is 31.7 Å². The minimum absolute atomic E-state index is 0.0404. The van der Waals surface area contributed by atoms with Gasteiger partial charge in [-0.25, -0.2) is 0 Å². The molecule has 6 nitrogen and oxygen atoms in total. The Labute approximate surface area is 119 Å². The highest BCUT2D eigenvalue weighted by Crippen LogP contribution is 2.37. The molecule has 1 N–H and O–H groups in total. The summed E-state index contributed by atoms with van der Waals surface area (Å²) in [6.07, 6.45) is 5.86. The second-order valence-electron chi connectivity index (χ2n) is 4.60. The van der Waals surface area contributed by atoms with E-state index in [4.69, 9.17) is 5.53 Å². The average molecular weight is 326 g/mol. The van der Waals surface area contributed by atoms with Crippen molar-refractivity contribution in [3.63, 3.8) is 0 Å². The fourth-order valence-corrected chi connectivity index (χ4v) is 2.36. The van der Waals surface area contributed by atoms with E-state index < -0.39 is 0 Å². The third kappa shape index (κ3) is 4.01. The van der Waals surface area contributed by atoms with Crippen LogP contribution < -0.4 is 5.32 Å². The minimum atomic E-state index is -0.0404. The van der Waals surface area contributed by atoms with E-state index in [-0.39, 0.29) is 5.91 Å². The number of unbranched alkanes of at least 4 members (excludes halogenated alkanes) is 1. The van der Waals surface area contributed by atoms with E-state index in [9.17, 15) is 4.79 Å². The van der Waals surface area contributed by atoms with Gasteiger partial charge in [0.25, 0.3) is 5.91 Å². The van der Waals surface area contributed by atoms with Gasteiger partial charge in [-0.15, -0.1) is 0 Å².